The first-order chi connectivity index (χ1) is 11.8. The zero-order chi connectivity index (χ0) is 18.6. The Morgan fingerprint density at radius 2 is 1.72 bits per heavy atom. The number of ether oxygens (including phenoxy) is 2. The van der Waals surface area contributed by atoms with Crippen molar-refractivity contribution in [3.8, 4) is 5.75 Å². The van der Waals surface area contributed by atoms with Crippen LogP contribution in [0.3, 0.4) is 0 Å². The summed E-state index contributed by atoms with van der Waals surface area (Å²) in [7, 11) is 1.62. The fraction of sp³-hybridized carbons (Fsp3) is 0.526. The first-order valence-corrected chi connectivity index (χ1v) is 8.55. The molecule has 0 saturated carbocycles. The van der Waals surface area contributed by atoms with Crippen LogP contribution in [0.4, 0.5) is 14.6 Å². The van der Waals surface area contributed by atoms with Crippen molar-refractivity contribution in [2.24, 2.45) is 0 Å². The molecule has 1 heterocycles. The van der Waals surface area contributed by atoms with Crippen molar-refractivity contribution < 1.29 is 18.3 Å². The number of methoxy groups -OCH3 is 1. The lowest BCUT2D eigenvalue weighted by molar-refractivity contribution is 0.172. The molecule has 2 aromatic rings. The van der Waals surface area contributed by atoms with Gasteiger partial charge in [-0.25, -0.2) is 13.8 Å². The molecule has 0 saturated heterocycles. The standard InChI is InChI=1S/C19H26F2N2O2/c1-12(2)23(13(3)4)18-11-17(25-8-6-7-24-5)15-9-14(20)10-16(21)19(15)22-18/h9-13H,6-8H2,1-5H3. The molecule has 0 N–H and O–H groups in total. The van der Waals surface area contributed by atoms with Gasteiger partial charge >= 0.3 is 0 Å². The van der Waals surface area contributed by atoms with Crippen LogP contribution in [0.25, 0.3) is 10.9 Å². The van der Waals surface area contributed by atoms with Crippen LogP contribution in [0.1, 0.15) is 34.1 Å². The Morgan fingerprint density at radius 3 is 2.32 bits per heavy atom. The lowest BCUT2D eigenvalue weighted by Crippen LogP contribution is -2.37. The Labute approximate surface area is 147 Å². The topological polar surface area (TPSA) is 34.6 Å². The molecule has 4 nitrogen and oxygen atoms in total. The first-order valence-electron chi connectivity index (χ1n) is 8.55. The van der Waals surface area contributed by atoms with Crippen LogP contribution < -0.4 is 9.64 Å². The van der Waals surface area contributed by atoms with Gasteiger partial charge in [-0.05, 0) is 33.8 Å². The van der Waals surface area contributed by atoms with Gasteiger partial charge in [0.2, 0.25) is 0 Å². The second-order valence-electron chi connectivity index (χ2n) is 6.55. The van der Waals surface area contributed by atoms with Gasteiger partial charge < -0.3 is 14.4 Å². The molecule has 0 atom stereocenters. The number of aromatic nitrogens is 1. The molecular formula is C19H26F2N2O2. The maximum Gasteiger partial charge on any atom is 0.152 e. The molecule has 0 radical (unpaired) electrons. The second kappa shape index (κ2) is 8.43. The van der Waals surface area contributed by atoms with E-state index in [0.717, 1.165) is 6.07 Å². The fourth-order valence-corrected chi connectivity index (χ4v) is 2.97. The Bertz CT molecular complexity index is 712. The lowest BCUT2D eigenvalue weighted by Gasteiger charge is -2.32. The molecule has 1 aromatic heterocycles. The quantitative estimate of drug-likeness (QED) is 0.653. The molecule has 6 heteroatoms. The fourth-order valence-electron chi connectivity index (χ4n) is 2.97. The summed E-state index contributed by atoms with van der Waals surface area (Å²) in [5.41, 5.74) is 0.118. The third kappa shape index (κ3) is 4.57. The number of nitrogens with zero attached hydrogens (tertiary/aromatic N) is 2. The van der Waals surface area contributed by atoms with Gasteiger partial charge in [0.1, 0.15) is 22.9 Å². The van der Waals surface area contributed by atoms with E-state index >= 15 is 0 Å². The minimum atomic E-state index is -0.689. The molecule has 138 valence electrons. The van der Waals surface area contributed by atoms with E-state index in [9.17, 15) is 8.78 Å². The number of pyridine rings is 1. The molecule has 25 heavy (non-hydrogen) atoms. The van der Waals surface area contributed by atoms with Gasteiger partial charge in [0, 0.05) is 49.7 Å². The lowest BCUT2D eigenvalue weighted by atomic mass is 10.1. The largest absolute Gasteiger partial charge is 0.493 e. The van der Waals surface area contributed by atoms with E-state index in [-0.39, 0.29) is 17.6 Å². The van der Waals surface area contributed by atoms with Crippen molar-refractivity contribution in [1.82, 2.24) is 4.98 Å². The van der Waals surface area contributed by atoms with Crippen LogP contribution in [-0.4, -0.2) is 37.4 Å². The van der Waals surface area contributed by atoms with Gasteiger partial charge in [-0.1, -0.05) is 0 Å². The normalized spacial score (nSPS) is 11.6. The van der Waals surface area contributed by atoms with Gasteiger partial charge in [-0.2, -0.15) is 0 Å². The Morgan fingerprint density at radius 1 is 1.04 bits per heavy atom. The number of benzene rings is 1. The molecule has 0 bridgehead atoms. The maximum atomic E-state index is 14.3. The Hall–Kier alpha value is -1.95. The van der Waals surface area contributed by atoms with E-state index < -0.39 is 11.6 Å². The Kier molecular flexibility index (Phi) is 6.53. The summed E-state index contributed by atoms with van der Waals surface area (Å²) in [4.78, 5) is 6.52. The van der Waals surface area contributed by atoms with Crippen molar-refractivity contribution >= 4 is 16.7 Å². The number of rotatable bonds is 8. The summed E-state index contributed by atoms with van der Waals surface area (Å²) in [5.74, 6) is -0.289. The van der Waals surface area contributed by atoms with E-state index in [1.807, 2.05) is 27.7 Å². The molecule has 0 amide bonds. The zero-order valence-electron chi connectivity index (χ0n) is 15.5. The van der Waals surface area contributed by atoms with Crippen LogP contribution in [0.15, 0.2) is 18.2 Å². The van der Waals surface area contributed by atoms with Crippen molar-refractivity contribution in [2.75, 3.05) is 25.2 Å². The van der Waals surface area contributed by atoms with E-state index in [1.165, 1.54) is 6.07 Å². The highest BCUT2D eigenvalue weighted by molar-refractivity contribution is 5.87. The zero-order valence-corrected chi connectivity index (χ0v) is 15.5. The summed E-state index contributed by atoms with van der Waals surface area (Å²) < 4.78 is 38.8. The molecule has 1 aromatic carbocycles. The molecule has 0 aliphatic carbocycles. The van der Waals surface area contributed by atoms with Gasteiger partial charge in [0.25, 0.3) is 0 Å². The van der Waals surface area contributed by atoms with Crippen LogP contribution >= 0.6 is 0 Å². The van der Waals surface area contributed by atoms with Crippen LogP contribution in [0.5, 0.6) is 5.75 Å². The minimum Gasteiger partial charge on any atom is -0.493 e. The average molecular weight is 352 g/mol. The highest BCUT2D eigenvalue weighted by atomic mass is 19.1. The van der Waals surface area contributed by atoms with Crippen LogP contribution in [0, 0.1) is 11.6 Å². The van der Waals surface area contributed by atoms with Gasteiger partial charge in [0.15, 0.2) is 5.82 Å². The molecule has 0 spiro atoms. The highest BCUT2D eigenvalue weighted by Gasteiger charge is 2.20. The highest BCUT2D eigenvalue weighted by Crippen LogP contribution is 2.32. The van der Waals surface area contributed by atoms with Crippen molar-refractivity contribution in [1.29, 1.82) is 0 Å². The van der Waals surface area contributed by atoms with Gasteiger partial charge in [-0.3, -0.25) is 0 Å². The van der Waals surface area contributed by atoms with Gasteiger partial charge in [0.05, 0.1) is 6.61 Å². The van der Waals surface area contributed by atoms with Crippen molar-refractivity contribution in [2.45, 2.75) is 46.2 Å². The monoisotopic (exact) mass is 352 g/mol. The number of anilines is 1. The predicted octanol–water partition coefficient (Wildman–Crippen LogP) is 4.55. The predicted molar refractivity (Wildman–Crippen MR) is 96.4 cm³/mol. The number of fused-ring (bicyclic) bond motifs is 1. The van der Waals surface area contributed by atoms with E-state index in [4.69, 9.17) is 9.47 Å². The molecule has 0 aliphatic rings. The van der Waals surface area contributed by atoms with Crippen LogP contribution in [-0.2, 0) is 4.74 Å². The van der Waals surface area contributed by atoms with Gasteiger partial charge in [-0.15, -0.1) is 0 Å². The van der Waals surface area contributed by atoms with Crippen molar-refractivity contribution in [3.05, 3.63) is 29.8 Å². The number of halogens is 2. The van der Waals surface area contributed by atoms with E-state index in [0.29, 0.717) is 36.6 Å². The summed E-state index contributed by atoms with van der Waals surface area (Å²) in [6.45, 7) is 9.15. The molecular weight excluding hydrogens is 326 g/mol. The SMILES string of the molecule is COCCCOc1cc(N(C(C)C)C(C)C)nc2c(F)cc(F)cc12. The first kappa shape index (κ1) is 19.4. The number of hydrogen-bond donors (Lipinski definition) is 0. The summed E-state index contributed by atoms with van der Waals surface area (Å²) in [5, 5.41) is 0.339. The molecule has 0 fully saturated rings. The van der Waals surface area contributed by atoms with Crippen molar-refractivity contribution in [3.63, 3.8) is 0 Å². The molecule has 0 unspecified atom stereocenters. The van der Waals surface area contributed by atoms with Crippen LogP contribution in [0.2, 0.25) is 0 Å². The Balaban J connectivity index is 2.53. The summed E-state index contributed by atoms with van der Waals surface area (Å²) in [6, 6.07) is 4.22. The second-order valence-corrected chi connectivity index (χ2v) is 6.55. The molecule has 0 aliphatic heterocycles. The van der Waals surface area contributed by atoms with E-state index in [1.54, 1.807) is 13.2 Å². The average Bonchev–Trinajstić information content (AvgIpc) is 2.51. The maximum absolute atomic E-state index is 14.3. The number of hydrogen-bond acceptors (Lipinski definition) is 4. The summed E-state index contributed by atoms with van der Waals surface area (Å²) in [6.07, 6.45) is 0.686. The minimum absolute atomic E-state index is 0.118. The third-order valence-electron chi connectivity index (χ3n) is 3.91. The molecule has 2 rings (SSSR count). The third-order valence-corrected chi connectivity index (χ3v) is 3.91. The smallest absolute Gasteiger partial charge is 0.152 e. The summed E-state index contributed by atoms with van der Waals surface area (Å²) >= 11 is 0. The van der Waals surface area contributed by atoms with E-state index in [2.05, 4.69) is 9.88 Å².